The Hall–Kier alpha value is -1.60. The largest absolute Gasteiger partial charge is 0.417 e. The van der Waals surface area contributed by atoms with Crippen LogP contribution in [0.15, 0.2) is 24.3 Å². The van der Waals surface area contributed by atoms with E-state index >= 15 is 0 Å². The van der Waals surface area contributed by atoms with E-state index in [1.807, 2.05) is 0 Å². The fraction of sp³-hybridized carbons (Fsp3) is 0.500. The summed E-state index contributed by atoms with van der Waals surface area (Å²) in [5.41, 5.74) is -1.42. The second-order valence-corrected chi connectivity index (χ2v) is 5.20. The maximum absolute atomic E-state index is 12.8. The molecule has 1 aromatic rings. The van der Waals surface area contributed by atoms with E-state index in [1.165, 1.54) is 12.1 Å². The van der Waals surface area contributed by atoms with Crippen LogP contribution in [-0.2, 0) is 6.18 Å². The molecule has 4 nitrogen and oxygen atoms in total. The number of nitrogens with one attached hydrogen (secondary N) is 1. The number of alkyl halides is 3. The summed E-state index contributed by atoms with van der Waals surface area (Å²) in [7, 11) is 0. The predicted octanol–water partition coefficient (Wildman–Crippen LogP) is 1.57. The number of amides is 1. The highest BCUT2D eigenvalue weighted by atomic mass is 19.4. The van der Waals surface area contributed by atoms with E-state index in [2.05, 4.69) is 5.32 Å². The van der Waals surface area contributed by atoms with E-state index in [0.717, 1.165) is 12.1 Å². The second-order valence-electron chi connectivity index (χ2n) is 5.20. The lowest BCUT2D eigenvalue weighted by atomic mass is 10.1. The van der Waals surface area contributed by atoms with Crippen LogP contribution in [0.5, 0.6) is 0 Å². The molecule has 7 heteroatoms. The Bertz CT molecular complexity index is 518. The molecule has 0 radical (unpaired) electrons. The molecule has 0 saturated heterocycles. The predicted molar refractivity (Wildman–Crippen MR) is 68.5 cm³/mol. The van der Waals surface area contributed by atoms with Gasteiger partial charge >= 0.3 is 6.18 Å². The Labute approximate surface area is 119 Å². The molecule has 1 aromatic carbocycles. The van der Waals surface area contributed by atoms with Crippen molar-refractivity contribution in [2.45, 2.75) is 31.2 Å². The van der Waals surface area contributed by atoms with E-state index in [1.54, 1.807) is 0 Å². The number of rotatable bonds is 3. The standard InChI is InChI=1S/C14H16F3NO3/c15-14(16,17)11-4-2-1-3-10(11)13(21)18-9-5-8(7-19)12(20)6-9/h1-4,8-9,12,19-20H,5-7H2,(H,18,21)/t8-,9+,12-/m1/s1. The van der Waals surface area contributed by atoms with Crippen molar-refractivity contribution in [2.75, 3.05) is 6.61 Å². The minimum absolute atomic E-state index is 0.216. The van der Waals surface area contributed by atoms with Crippen molar-refractivity contribution in [3.8, 4) is 0 Å². The summed E-state index contributed by atoms with van der Waals surface area (Å²) in [6, 6.07) is 4.12. The smallest absolute Gasteiger partial charge is 0.396 e. The van der Waals surface area contributed by atoms with Gasteiger partial charge in [0.2, 0.25) is 0 Å². The number of aliphatic hydroxyl groups excluding tert-OH is 2. The van der Waals surface area contributed by atoms with E-state index in [4.69, 9.17) is 5.11 Å². The Kier molecular flexibility index (Phi) is 4.53. The molecule has 0 heterocycles. The molecule has 0 aromatic heterocycles. The maximum Gasteiger partial charge on any atom is 0.417 e. The van der Waals surface area contributed by atoms with Crippen molar-refractivity contribution in [3.63, 3.8) is 0 Å². The van der Waals surface area contributed by atoms with Crippen LogP contribution in [0.4, 0.5) is 13.2 Å². The summed E-state index contributed by atoms with van der Waals surface area (Å²) in [6.45, 7) is -0.216. The van der Waals surface area contributed by atoms with Gasteiger partial charge in [-0.15, -0.1) is 0 Å². The number of halogens is 3. The third-order valence-corrected chi connectivity index (χ3v) is 3.70. The third kappa shape index (κ3) is 3.54. The minimum Gasteiger partial charge on any atom is -0.396 e. The van der Waals surface area contributed by atoms with Crippen molar-refractivity contribution >= 4 is 5.91 Å². The van der Waals surface area contributed by atoms with Crippen LogP contribution in [0.1, 0.15) is 28.8 Å². The van der Waals surface area contributed by atoms with Gasteiger partial charge in [0.15, 0.2) is 0 Å². The Balaban J connectivity index is 2.12. The molecule has 21 heavy (non-hydrogen) atoms. The molecular formula is C14H16F3NO3. The van der Waals surface area contributed by atoms with Crippen molar-refractivity contribution in [3.05, 3.63) is 35.4 Å². The van der Waals surface area contributed by atoms with Crippen LogP contribution in [0.2, 0.25) is 0 Å². The lowest BCUT2D eigenvalue weighted by Gasteiger charge is -2.16. The van der Waals surface area contributed by atoms with Crippen LogP contribution < -0.4 is 5.32 Å². The SMILES string of the molecule is O=C(N[C@H]1C[C@H](CO)[C@H](O)C1)c1ccccc1C(F)(F)F. The summed E-state index contributed by atoms with van der Waals surface area (Å²) in [5, 5.41) is 21.2. The molecule has 0 bridgehead atoms. The first-order chi connectivity index (χ1) is 9.82. The highest BCUT2D eigenvalue weighted by Crippen LogP contribution is 2.32. The van der Waals surface area contributed by atoms with Gasteiger partial charge in [-0.3, -0.25) is 4.79 Å². The van der Waals surface area contributed by atoms with Gasteiger partial charge in [-0.1, -0.05) is 12.1 Å². The van der Waals surface area contributed by atoms with E-state index in [9.17, 15) is 23.1 Å². The van der Waals surface area contributed by atoms with Gasteiger partial charge < -0.3 is 15.5 Å². The van der Waals surface area contributed by atoms with Crippen LogP contribution in [0.3, 0.4) is 0 Å². The molecule has 1 fully saturated rings. The van der Waals surface area contributed by atoms with Crippen LogP contribution in [0.25, 0.3) is 0 Å². The van der Waals surface area contributed by atoms with Crippen molar-refractivity contribution in [1.82, 2.24) is 5.32 Å². The second kappa shape index (κ2) is 6.03. The monoisotopic (exact) mass is 303 g/mol. The van der Waals surface area contributed by atoms with Crippen LogP contribution >= 0.6 is 0 Å². The van der Waals surface area contributed by atoms with Crippen molar-refractivity contribution < 1.29 is 28.2 Å². The highest BCUT2D eigenvalue weighted by molar-refractivity contribution is 5.96. The summed E-state index contributed by atoms with van der Waals surface area (Å²) in [6.07, 6.45) is -4.78. The van der Waals surface area contributed by atoms with E-state index in [-0.39, 0.29) is 18.9 Å². The average Bonchev–Trinajstić information content (AvgIpc) is 2.77. The Morgan fingerprint density at radius 2 is 1.95 bits per heavy atom. The molecule has 3 atom stereocenters. The van der Waals surface area contributed by atoms with Crippen molar-refractivity contribution in [1.29, 1.82) is 0 Å². The lowest BCUT2D eigenvalue weighted by molar-refractivity contribution is -0.137. The van der Waals surface area contributed by atoms with Gasteiger partial charge in [0.1, 0.15) is 0 Å². The number of aliphatic hydroxyl groups is 2. The van der Waals surface area contributed by atoms with Crippen molar-refractivity contribution in [2.24, 2.45) is 5.92 Å². The molecule has 2 rings (SSSR count). The first-order valence-electron chi connectivity index (χ1n) is 6.59. The number of hydrogen-bond acceptors (Lipinski definition) is 3. The molecule has 1 amide bonds. The number of carbonyl (C=O) groups excluding carboxylic acids is 1. The van der Waals surface area contributed by atoms with Crippen LogP contribution in [-0.4, -0.2) is 34.9 Å². The maximum atomic E-state index is 12.8. The Morgan fingerprint density at radius 3 is 2.52 bits per heavy atom. The molecule has 3 N–H and O–H groups in total. The Morgan fingerprint density at radius 1 is 1.29 bits per heavy atom. The first-order valence-corrected chi connectivity index (χ1v) is 6.59. The third-order valence-electron chi connectivity index (χ3n) is 3.70. The molecule has 0 unspecified atom stereocenters. The summed E-state index contributed by atoms with van der Waals surface area (Å²) >= 11 is 0. The van der Waals surface area contributed by atoms with E-state index < -0.39 is 35.4 Å². The fourth-order valence-corrected chi connectivity index (χ4v) is 2.61. The zero-order valence-electron chi connectivity index (χ0n) is 11.1. The first kappa shape index (κ1) is 15.8. The minimum atomic E-state index is -4.60. The van der Waals surface area contributed by atoms with Gasteiger partial charge in [-0.2, -0.15) is 13.2 Å². The fourth-order valence-electron chi connectivity index (χ4n) is 2.61. The summed E-state index contributed by atoms with van der Waals surface area (Å²) in [5.74, 6) is -1.17. The molecule has 1 aliphatic carbocycles. The summed E-state index contributed by atoms with van der Waals surface area (Å²) in [4.78, 5) is 12.0. The summed E-state index contributed by atoms with van der Waals surface area (Å²) < 4.78 is 38.5. The molecular weight excluding hydrogens is 287 g/mol. The van der Waals surface area contributed by atoms with Gasteiger partial charge in [0.25, 0.3) is 5.91 Å². The zero-order chi connectivity index (χ0) is 15.6. The topological polar surface area (TPSA) is 69.6 Å². The number of carbonyl (C=O) groups is 1. The van der Waals surface area contributed by atoms with Gasteiger partial charge in [-0.25, -0.2) is 0 Å². The molecule has 1 aliphatic rings. The molecule has 0 spiro atoms. The van der Waals surface area contributed by atoms with Gasteiger partial charge in [0.05, 0.1) is 17.2 Å². The molecule has 1 saturated carbocycles. The number of hydrogen-bond donors (Lipinski definition) is 3. The average molecular weight is 303 g/mol. The number of benzene rings is 1. The normalized spacial score (nSPS) is 25.9. The quantitative estimate of drug-likeness (QED) is 0.794. The lowest BCUT2D eigenvalue weighted by Crippen LogP contribution is -2.34. The van der Waals surface area contributed by atoms with Crippen LogP contribution in [0, 0.1) is 5.92 Å². The van der Waals surface area contributed by atoms with Gasteiger partial charge in [-0.05, 0) is 25.0 Å². The van der Waals surface area contributed by atoms with E-state index in [0.29, 0.717) is 6.42 Å². The highest BCUT2D eigenvalue weighted by Gasteiger charge is 2.37. The molecule has 116 valence electrons. The molecule has 0 aliphatic heterocycles. The van der Waals surface area contributed by atoms with Gasteiger partial charge in [0, 0.05) is 18.6 Å². The zero-order valence-corrected chi connectivity index (χ0v) is 11.1.